The van der Waals surface area contributed by atoms with E-state index in [1.807, 2.05) is 4.90 Å². The van der Waals surface area contributed by atoms with Gasteiger partial charge in [0.15, 0.2) is 0 Å². The number of hydrogen-bond acceptors (Lipinski definition) is 6. The van der Waals surface area contributed by atoms with Crippen molar-refractivity contribution in [2.75, 3.05) is 33.4 Å². The number of carbonyl (C=O) groups excluding carboxylic acids is 2. The molecule has 1 aromatic carbocycles. The maximum Gasteiger partial charge on any atom is 0.308 e. The number of esters is 1. The molecule has 0 aliphatic carbocycles. The lowest BCUT2D eigenvalue weighted by Gasteiger charge is -2.41. The smallest absolute Gasteiger partial charge is 0.308 e. The number of hydrogen-bond donors (Lipinski definition) is 0. The van der Waals surface area contributed by atoms with Crippen LogP contribution in [0.1, 0.15) is 31.4 Å². The van der Waals surface area contributed by atoms with Gasteiger partial charge in [0.05, 0.1) is 18.4 Å². The van der Waals surface area contributed by atoms with Crippen LogP contribution >= 0.6 is 0 Å². The molecule has 0 bridgehead atoms. The number of rotatable bonds is 5. The van der Waals surface area contributed by atoms with Gasteiger partial charge in [-0.3, -0.25) is 9.59 Å². The molecule has 172 valence electrons. The molecule has 4 rings (SSSR count). The van der Waals surface area contributed by atoms with Crippen LogP contribution in [-0.2, 0) is 25.5 Å². The minimum atomic E-state index is -0.727. The molecule has 0 unspecified atom stereocenters. The van der Waals surface area contributed by atoms with E-state index in [1.165, 1.54) is 13.2 Å². The van der Waals surface area contributed by atoms with Gasteiger partial charge in [-0.2, -0.15) is 0 Å². The quantitative estimate of drug-likeness (QED) is 0.653. The molecule has 1 aromatic heterocycles. The largest absolute Gasteiger partial charge is 0.469 e. The Balaban J connectivity index is 1.51. The summed E-state index contributed by atoms with van der Waals surface area (Å²) in [6.45, 7) is 1.89. The highest BCUT2D eigenvalue weighted by Gasteiger charge is 2.44. The number of piperidine rings is 1. The second kappa shape index (κ2) is 9.36. The van der Waals surface area contributed by atoms with Crippen molar-refractivity contribution in [2.24, 2.45) is 11.3 Å². The topological polar surface area (TPSA) is 81.9 Å². The van der Waals surface area contributed by atoms with Gasteiger partial charge in [0.1, 0.15) is 23.1 Å². The molecule has 0 N–H and O–H groups in total. The first-order chi connectivity index (χ1) is 15.4. The molecule has 0 spiro atoms. The zero-order chi connectivity index (χ0) is 22.7. The number of methoxy groups -OCH3 is 1. The average Bonchev–Trinajstić information content (AvgIpc) is 3.26. The highest BCUT2D eigenvalue weighted by Crippen LogP contribution is 2.38. The summed E-state index contributed by atoms with van der Waals surface area (Å²) >= 11 is 0. The first kappa shape index (κ1) is 22.4. The first-order valence-corrected chi connectivity index (χ1v) is 10.8. The summed E-state index contributed by atoms with van der Waals surface area (Å²) in [6, 6.07) is 4.87. The Labute approximate surface area is 184 Å². The number of halogens is 2. The van der Waals surface area contributed by atoms with Crippen LogP contribution in [0.5, 0.6) is 0 Å². The molecule has 9 heteroatoms. The monoisotopic (exact) mass is 448 g/mol. The Hall–Kier alpha value is -2.81. The van der Waals surface area contributed by atoms with Crippen LogP contribution in [-0.4, -0.2) is 55.3 Å². The van der Waals surface area contributed by atoms with E-state index in [0.717, 1.165) is 12.1 Å². The van der Waals surface area contributed by atoms with Gasteiger partial charge in [0, 0.05) is 50.4 Å². The molecule has 0 atom stereocenters. The number of likely N-dealkylation sites (tertiary alicyclic amines) is 1. The fraction of sp³-hybridized carbons (Fsp3) is 0.522. The zero-order valence-corrected chi connectivity index (χ0v) is 17.9. The van der Waals surface area contributed by atoms with Gasteiger partial charge in [-0.25, -0.2) is 8.78 Å². The summed E-state index contributed by atoms with van der Waals surface area (Å²) in [6.07, 6.45) is 2.51. The van der Waals surface area contributed by atoms with Crippen molar-refractivity contribution in [3.8, 4) is 11.3 Å². The molecule has 0 radical (unpaired) electrons. The predicted octanol–water partition coefficient (Wildman–Crippen LogP) is 3.37. The van der Waals surface area contributed by atoms with E-state index >= 15 is 0 Å². The van der Waals surface area contributed by atoms with E-state index in [4.69, 9.17) is 14.0 Å². The van der Waals surface area contributed by atoms with Gasteiger partial charge in [-0.05, 0) is 37.8 Å². The molecule has 1 amide bonds. The number of ether oxygens (including phenoxy) is 2. The van der Waals surface area contributed by atoms with E-state index in [2.05, 4.69) is 5.16 Å². The molecule has 2 aliphatic rings. The lowest BCUT2D eigenvalue weighted by molar-refractivity contribution is -0.154. The van der Waals surface area contributed by atoms with Crippen LogP contribution in [0.15, 0.2) is 28.8 Å². The number of amides is 1. The average molecular weight is 448 g/mol. The molecule has 2 saturated heterocycles. The molecule has 2 aromatic rings. The maximum atomic E-state index is 14.1. The summed E-state index contributed by atoms with van der Waals surface area (Å²) < 4.78 is 43.1. The minimum absolute atomic E-state index is 0.00929. The van der Waals surface area contributed by atoms with Crippen LogP contribution < -0.4 is 0 Å². The molecule has 0 saturated carbocycles. The van der Waals surface area contributed by atoms with E-state index in [1.54, 1.807) is 6.07 Å². The molecular formula is C23H26F2N2O5. The molecular weight excluding hydrogens is 422 g/mol. The molecule has 2 aliphatic heterocycles. The fourth-order valence-electron chi connectivity index (χ4n) is 4.60. The summed E-state index contributed by atoms with van der Waals surface area (Å²) in [5.74, 6) is -1.34. The zero-order valence-electron chi connectivity index (χ0n) is 17.9. The number of benzene rings is 1. The number of carbonyl (C=O) groups is 2. The highest BCUT2D eigenvalue weighted by atomic mass is 19.1. The Morgan fingerprint density at radius 1 is 1.19 bits per heavy atom. The van der Waals surface area contributed by atoms with E-state index in [0.29, 0.717) is 64.2 Å². The van der Waals surface area contributed by atoms with Gasteiger partial charge < -0.3 is 18.9 Å². The minimum Gasteiger partial charge on any atom is -0.469 e. The van der Waals surface area contributed by atoms with Crippen LogP contribution in [0.3, 0.4) is 0 Å². The Morgan fingerprint density at radius 3 is 2.56 bits per heavy atom. The third-order valence-corrected chi connectivity index (χ3v) is 6.50. The second-order valence-electron chi connectivity index (χ2n) is 8.46. The van der Waals surface area contributed by atoms with Crippen molar-refractivity contribution >= 4 is 11.9 Å². The van der Waals surface area contributed by atoms with Crippen molar-refractivity contribution in [2.45, 2.75) is 32.1 Å². The van der Waals surface area contributed by atoms with E-state index < -0.39 is 17.0 Å². The predicted molar refractivity (Wildman–Crippen MR) is 109 cm³/mol. The summed E-state index contributed by atoms with van der Waals surface area (Å²) in [5, 5.41) is 3.94. The van der Waals surface area contributed by atoms with Gasteiger partial charge in [0.2, 0.25) is 5.91 Å². The highest BCUT2D eigenvalue weighted by molar-refractivity contribution is 5.83. The standard InChI is InChI=1S/C23H26F2N2O5/c1-30-21(28)15-4-8-27(9-5-15)22(29)23(6-10-31-11-7-23)14-17-13-20(26-32-17)18-3-2-16(24)12-19(18)25/h2-3,12-13,15H,4-11,14H2,1H3. The van der Waals surface area contributed by atoms with Crippen LogP contribution in [0, 0.1) is 23.0 Å². The first-order valence-electron chi connectivity index (χ1n) is 10.8. The van der Waals surface area contributed by atoms with Crippen molar-refractivity contribution in [1.82, 2.24) is 10.1 Å². The molecule has 32 heavy (non-hydrogen) atoms. The van der Waals surface area contributed by atoms with Crippen LogP contribution in [0.2, 0.25) is 0 Å². The third-order valence-electron chi connectivity index (χ3n) is 6.50. The van der Waals surface area contributed by atoms with Crippen LogP contribution in [0.25, 0.3) is 11.3 Å². The summed E-state index contributed by atoms with van der Waals surface area (Å²) in [5.41, 5.74) is -0.321. The molecule has 3 heterocycles. The third kappa shape index (κ3) is 4.53. The summed E-state index contributed by atoms with van der Waals surface area (Å²) in [4.78, 5) is 27.2. The Bertz CT molecular complexity index is 979. The molecule has 7 nitrogen and oxygen atoms in total. The number of nitrogens with zero attached hydrogens (tertiary/aromatic N) is 2. The van der Waals surface area contributed by atoms with E-state index in [-0.39, 0.29) is 29.1 Å². The Morgan fingerprint density at radius 2 is 1.91 bits per heavy atom. The second-order valence-corrected chi connectivity index (χ2v) is 8.46. The van der Waals surface area contributed by atoms with Crippen molar-refractivity contribution in [3.63, 3.8) is 0 Å². The van der Waals surface area contributed by atoms with Crippen molar-refractivity contribution < 1.29 is 32.4 Å². The van der Waals surface area contributed by atoms with Crippen molar-refractivity contribution in [3.05, 3.63) is 41.7 Å². The normalized spacial score (nSPS) is 19.0. The lowest BCUT2D eigenvalue weighted by Crippen LogP contribution is -2.51. The SMILES string of the molecule is COC(=O)C1CCN(C(=O)C2(Cc3cc(-c4ccc(F)cc4F)no3)CCOCC2)CC1. The van der Waals surface area contributed by atoms with E-state index in [9.17, 15) is 18.4 Å². The van der Waals surface area contributed by atoms with Gasteiger partial charge in [0.25, 0.3) is 0 Å². The summed E-state index contributed by atoms with van der Waals surface area (Å²) in [7, 11) is 1.38. The number of aromatic nitrogens is 1. The van der Waals surface area contributed by atoms with Gasteiger partial charge in [-0.15, -0.1) is 0 Å². The van der Waals surface area contributed by atoms with Gasteiger partial charge >= 0.3 is 5.97 Å². The van der Waals surface area contributed by atoms with Gasteiger partial charge in [-0.1, -0.05) is 5.16 Å². The Kier molecular flexibility index (Phi) is 6.55. The molecule has 2 fully saturated rings. The lowest BCUT2D eigenvalue weighted by atomic mass is 9.74. The maximum absolute atomic E-state index is 14.1. The van der Waals surface area contributed by atoms with Crippen LogP contribution in [0.4, 0.5) is 8.78 Å². The fourth-order valence-corrected chi connectivity index (χ4v) is 4.60. The van der Waals surface area contributed by atoms with Crippen molar-refractivity contribution in [1.29, 1.82) is 0 Å².